The van der Waals surface area contributed by atoms with Crippen molar-refractivity contribution >= 4 is 28.6 Å². The van der Waals surface area contributed by atoms with Crippen LogP contribution in [0.1, 0.15) is 65.6 Å². The molecule has 226 valence electrons. The van der Waals surface area contributed by atoms with E-state index in [1.807, 2.05) is 6.08 Å². The summed E-state index contributed by atoms with van der Waals surface area (Å²) < 4.78 is 0. The van der Waals surface area contributed by atoms with Crippen molar-refractivity contribution in [3.63, 3.8) is 0 Å². The standard InChI is InChI=1S/C45H41N/c1-5-13-38-16-9-10-17-42(38)30-35-28-32(2)29-43(31-35)41-26-22-37(23-27-41)34(4)46-45-19-12-11-18-44(45)33(3)36-20-24-40(25-21-36)39-14-7-6-8-15-39/h5-7,9-14,16-29,31H,4,8,15,30H2,1-3H3/b13-5-,44-33+,46-45?. The van der Waals surface area contributed by atoms with E-state index < -0.39 is 0 Å². The molecule has 6 rings (SSSR count). The summed E-state index contributed by atoms with van der Waals surface area (Å²) in [6.45, 7) is 10.8. The van der Waals surface area contributed by atoms with E-state index in [1.54, 1.807) is 0 Å². The molecule has 0 aromatic heterocycles. The van der Waals surface area contributed by atoms with E-state index in [0.29, 0.717) is 0 Å². The Morgan fingerprint density at radius 2 is 1.54 bits per heavy atom. The van der Waals surface area contributed by atoms with Gasteiger partial charge in [0, 0.05) is 5.57 Å². The Balaban J connectivity index is 1.21. The van der Waals surface area contributed by atoms with Gasteiger partial charge >= 0.3 is 0 Å². The van der Waals surface area contributed by atoms with Gasteiger partial charge in [-0.25, -0.2) is 4.99 Å². The highest BCUT2D eigenvalue weighted by atomic mass is 14.8. The molecule has 2 aliphatic carbocycles. The third-order valence-electron chi connectivity index (χ3n) is 8.75. The van der Waals surface area contributed by atoms with Gasteiger partial charge < -0.3 is 0 Å². The van der Waals surface area contributed by atoms with Crippen molar-refractivity contribution in [2.75, 3.05) is 0 Å². The lowest BCUT2D eigenvalue weighted by Gasteiger charge is -2.15. The van der Waals surface area contributed by atoms with Gasteiger partial charge in [0.1, 0.15) is 0 Å². The summed E-state index contributed by atoms with van der Waals surface area (Å²) in [7, 11) is 0. The smallest absolute Gasteiger partial charge is 0.0712 e. The summed E-state index contributed by atoms with van der Waals surface area (Å²) in [5.41, 5.74) is 16.5. The molecule has 0 N–H and O–H groups in total. The molecule has 4 aromatic carbocycles. The van der Waals surface area contributed by atoms with Gasteiger partial charge in [-0.2, -0.15) is 0 Å². The van der Waals surface area contributed by atoms with E-state index >= 15 is 0 Å². The Hall–Kier alpha value is -5.27. The highest BCUT2D eigenvalue weighted by Gasteiger charge is 2.12. The monoisotopic (exact) mass is 595 g/mol. The van der Waals surface area contributed by atoms with Gasteiger partial charge in [0.15, 0.2) is 0 Å². The second-order valence-corrected chi connectivity index (χ2v) is 12.1. The van der Waals surface area contributed by atoms with Crippen molar-refractivity contribution in [2.45, 2.75) is 40.0 Å². The van der Waals surface area contributed by atoms with E-state index in [4.69, 9.17) is 4.99 Å². The van der Waals surface area contributed by atoms with Gasteiger partial charge in [-0.3, -0.25) is 0 Å². The van der Waals surface area contributed by atoms with Gasteiger partial charge in [0.2, 0.25) is 0 Å². The quantitative estimate of drug-likeness (QED) is 0.192. The first kappa shape index (κ1) is 30.7. The van der Waals surface area contributed by atoms with E-state index in [0.717, 1.165) is 41.8 Å². The highest BCUT2D eigenvalue weighted by molar-refractivity contribution is 6.17. The van der Waals surface area contributed by atoms with Crippen LogP contribution < -0.4 is 0 Å². The highest BCUT2D eigenvalue weighted by Crippen LogP contribution is 2.30. The Labute approximate surface area is 274 Å². The molecule has 46 heavy (non-hydrogen) atoms. The third kappa shape index (κ3) is 7.16. The lowest BCUT2D eigenvalue weighted by Crippen LogP contribution is -2.03. The topological polar surface area (TPSA) is 12.4 Å². The van der Waals surface area contributed by atoms with Gasteiger partial charge in [-0.1, -0.05) is 152 Å². The molecule has 4 aromatic rings. The van der Waals surface area contributed by atoms with Crippen molar-refractivity contribution in [3.8, 4) is 11.1 Å². The van der Waals surface area contributed by atoms with E-state index in [9.17, 15) is 0 Å². The number of aliphatic imine (C=N–C) groups is 1. The fraction of sp³-hybridized carbons (Fsp3) is 0.133. The summed E-state index contributed by atoms with van der Waals surface area (Å²) in [6, 6.07) is 33.1. The Morgan fingerprint density at radius 1 is 0.804 bits per heavy atom. The van der Waals surface area contributed by atoms with E-state index in [1.165, 1.54) is 55.7 Å². The second kappa shape index (κ2) is 14.2. The fourth-order valence-corrected chi connectivity index (χ4v) is 6.27. The number of hydrogen-bond donors (Lipinski definition) is 0. The van der Waals surface area contributed by atoms with Crippen molar-refractivity contribution in [1.29, 1.82) is 0 Å². The van der Waals surface area contributed by atoms with Gasteiger partial charge in [-0.15, -0.1) is 0 Å². The van der Waals surface area contributed by atoms with Crippen molar-refractivity contribution in [2.24, 2.45) is 4.99 Å². The molecule has 0 unspecified atom stereocenters. The molecule has 0 amide bonds. The van der Waals surface area contributed by atoms with Crippen LogP contribution in [0.2, 0.25) is 0 Å². The van der Waals surface area contributed by atoms with Crippen LogP contribution in [0.4, 0.5) is 0 Å². The Bertz CT molecular complexity index is 1970. The van der Waals surface area contributed by atoms with Crippen LogP contribution in [-0.4, -0.2) is 5.71 Å². The molecule has 0 atom stereocenters. The SMILES string of the molecule is C=C(N=C1C=CC=C/C1=C(/C)c1ccc(C2=CC=CCC2)cc1)c1ccc(-c2cc(C)cc(Cc3ccccc3/C=C\C)c2)cc1. The molecule has 0 saturated carbocycles. The molecule has 1 heteroatoms. The molecular weight excluding hydrogens is 555 g/mol. The fourth-order valence-electron chi connectivity index (χ4n) is 6.27. The maximum Gasteiger partial charge on any atom is 0.0712 e. The number of allylic oxidation sites excluding steroid dienone is 11. The first-order valence-corrected chi connectivity index (χ1v) is 16.2. The molecule has 0 spiro atoms. The minimum Gasteiger partial charge on any atom is -0.248 e. The average Bonchev–Trinajstić information content (AvgIpc) is 3.09. The van der Waals surface area contributed by atoms with Crippen molar-refractivity contribution in [3.05, 3.63) is 191 Å². The molecule has 0 bridgehead atoms. The molecule has 0 aliphatic heterocycles. The predicted octanol–water partition coefficient (Wildman–Crippen LogP) is 12.0. The zero-order valence-electron chi connectivity index (χ0n) is 27.1. The molecule has 0 radical (unpaired) electrons. The van der Waals surface area contributed by atoms with Gasteiger partial charge in [0.05, 0.1) is 11.4 Å². The zero-order valence-corrected chi connectivity index (χ0v) is 27.1. The van der Waals surface area contributed by atoms with Crippen molar-refractivity contribution in [1.82, 2.24) is 0 Å². The van der Waals surface area contributed by atoms with Crippen LogP contribution in [0.25, 0.3) is 34.0 Å². The minimum atomic E-state index is 0.755. The zero-order chi connectivity index (χ0) is 31.9. The summed E-state index contributed by atoms with van der Waals surface area (Å²) >= 11 is 0. The molecule has 1 nitrogen and oxygen atoms in total. The van der Waals surface area contributed by atoms with E-state index in [-0.39, 0.29) is 0 Å². The molecular formula is C45H41N. The van der Waals surface area contributed by atoms with Gasteiger partial charge in [0.25, 0.3) is 0 Å². The number of hydrogen-bond acceptors (Lipinski definition) is 1. The normalized spacial score (nSPS) is 16.2. The van der Waals surface area contributed by atoms with E-state index in [2.05, 4.69) is 167 Å². The van der Waals surface area contributed by atoms with Gasteiger partial charge in [-0.05, 0) is 102 Å². The number of rotatable bonds is 8. The summed E-state index contributed by atoms with van der Waals surface area (Å²) in [6.07, 6.45) is 22.4. The average molecular weight is 596 g/mol. The second-order valence-electron chi connectivity index (χ2n) is 12.1. The maximum absolute atomic E-state index is 5.03. The summed E-state index contributed by atoms with van der Waals surface area (Å²) in [5.74, 6) is 0. The summed E-state index contributed by atoms with van der Waals surface area (Å²) in [5, 5.41) is 0. The third-order valence-corrected chi connectivity index (χ3v) is 8.75. The molecule has 0 heterocycles. The van der Waals surface area contributed by atoms with Crippen LogP contribution in [0.5, 0.6) is 0 Å². The first-order chi connectivity index (χ1) is 22.5. The largest absolute Gasteiger partial charge is 0.248 e. The summed E-state index contributed by atoms with van der Waals surface area (Å²) in [4.78, 5) is 5.03. The number of nitrogens with zero attached hydrogens (tertiary/aromatic N) is 1. The minimum absolute atomic E-state index is 0.755. The lowest BCUT2D eigenvalue weighted by molar-refractivity contribution is 1.05. The van der Waals surface area contributed by atoms with Crippen LogP contribution in [0.3, 0.4) is 0 Å². The number of aryl methyl sites for hydroxylation is 1. The Kier molecular flexibility index (Phi) is 9.51. The van der Waals surface area contributed by atoms with Crippen LogP contribution in [0, 0.1) is 6.92 Å². The molecule has 0 saturated heterocycles. The molecule has 0 fully saturated rings. The Morgan fingerprint density at radius 3 is 2.30 bits per heavy atom. The maximum atomic E-state index is 5.03. The van der Waals surface area contributed by atoms with Crippen LogP contribution >= 0.6 is 0 Å². The van der Waals surface area contributed by atoms with Crippen molar-refractivity contribution < 1.29 is 0 Å². The lowest BCUT2D eigenvalue weighted by atomic mass is 9.92. The molecule has 2 aliphatic rings. The van der Waals surface area contributed by atoms with Crippen LogP contribution in [0.15, 0.2) is 157 Å². The number of benzene rings is 4. The first-order valence-electron chi connectivity index (χ1n) is 16.2. The van der Waals surface area contributed by atoms with Crippen LogP contribution in [-0.2, 0) is 6.42 Å². The predicted molar refractivity (Wildman–Crippen MR) is 201 cm³/mol.